The second-order valence-corrected chi connectivity index (χ2v) is 9.27. The number of rotatable bonds is 6. The standard InChI is InChI=1S/C24H16BrClFNO3S/c25-18-8-5-15(6-9-18)14-31-21-4-2-1-3-16(21)11-22-23(29)28(24(30)32-22)13-17-7-10-19(27)12-20(17)26/h1-12H,13-14H2/b22-11-. The van der Waals surface area contributed by atoms with E-state index in [1.807, 2.05) is 48.5 Å². The number of thioether (sulfide) groups is 1. The average Bonchev–Trinajstić information content (AvgIpc) is 3.03. The number of hydrogen-bond donors (Lipinski definition) is 0. The van der Waals surface area contributed by atoms with Gasteiger partial charge in [0.15, 0.2) is 0 Å². The minimum atomic E-state index is -0.479. The van der Waals surface area contributed by atoms with Crippen molar-refractivity contribution in [3.05, 3.63) is 104 Å². The Bertz CT molecular complexity index is 1220. The first kappa shape index (κ1) is 22.6. The summed E-state index contributed by atoms with van der Waals surface area (Å²) >= 11 is 10.3. The molecule has 0 aromatic heterocycles. The Labute approximate surface area is 202 Å². The summed E-state index contributed by atoms with van der Waals surface area (Å²) in [7, 11) is 0. The Hall–Kier alpha value is -2.61. The third kappa shape index (κ3) is 5.23. The van der Waals surface area contributed by atoms with Crippen molar-refractivity contribution >= 4 is 56.5 Å². The van der Waals surface area contributed by atoms with Gasteiger partial charge in [-0.2, -0.15) is 0 Å². The van der Waals surface area contributed by atoms with E-state index in [-0.39, 0.29) is 16.5 Å². The summed E-state index contributed by atoms with van der Waals surface area (Å²) in [6.07, 6.45) is 1.65. The summed E-state index contributed by atoms with van der Waals surface area (Å²) in [5.41, 5.74) is 2.18. The molecule has 0 atom stereocenters. The molecule has 1 aliphatic rings. The van der Waals surface area contributed by atoms with Crippen LogP contribution in [-0.4, -0.2) is 16.0 Å². The van der Waals surface area contributed by atoms with Crippen LogP contribution in [0.3, 0.4) is 0 Å². The third-order valence-corrected chi connectivity index (χ3v) is 6.52. The SMILES string of the molecule is O=C1S/C(=C\c2ccccc2OCc2ccc(Br)cc2)C(=O)N1Cc1ccc(F)cc1Cl. The number of imide groups is 1. The van der Waals surface area contributed by atoms with E-state index in [1.54, 1.807) is 6.08 Å². The fourth-order valence-corrected chi connectivity index (χ4v) is 4.39. The monoisotopic (exact) mass is 531 g/mol. The fourth-order valence-electron chi connectivity index (χ4n) is 3.07. The molecule has 0 aliphatic carbocycles. The van der Waals surface area contributed by atoms with E-state index in [0.717, 1.165) is 32.8 Å². The molecule has 1 fully saturated rings. The van der Waals surface area contributed by atoms with Crippen molar-refractivity contribution in [2.45, 2.75) is 13.2 Å². The molecule has 1 saturated heterocycles. The number of hydrogen-bond acceptors (Lipinski definition) is 4. The van der Waals surface area contributed by atoms with E-state index in [1.165, 1.54) is 12.1 Å². The molecule has 0 N–H and O–H groups in total. The van der Waals surface area contributed by atoms with Crippen LogP contribution in [0.15, 0.2) is 76.1 Å². The second kappa shape index (κ2) is 9.90. The molecule has 8 heteroatoms. The number of carbonyl (C=O) groups excluding carboxylic acids is 2. The number of halogens is 3. The van der Waals surface area contributed by atoms with Gasteiger partial charge in [0.05, 0.1) is 11.4 Å². The predicted octanol–water partition coefficient (Wildman–Crippen LogP) is 7.06. The average molecular weight is 533 g/mol. The molecule has 4 nitrogen and oxygen atoms in total. The molecule has 0 saturated carbocycles. The van der Waals surface area contributed by atoms with Gasteiger partial charge in [0.25, 0.3) is 11.1 Å². The van der Waals surface area contributed by atoms with Crippen LogP contribution in [0.2, 0.25) is 5.02 Å². The number of amides is 2. The van der Waals surface area contributed by atoms with Crippen molar-refractivity contribution in [1.29, 1.82) is 0 Å². The Morgan fingerprint density at radius 1 is 1.06 bits per heavy atom. The molecule has 2 amide bonds. The van der Waals surface area contributed by atoms with Crippen LogP contribution in [0.25, 0.3) is 6.08 Å². The molecule has 0 radical (unpaired) electrons. The summed E-state index contributed by atoms with van der Waals surface area (Å²) in [5.74, 6) is -0.306. The van der Waals surface area contributed by atoms with Crippen LogP contribution in [0, 0.1) is 5.82 Å². The zero-order valence-corrected chi connectivity index (χ0v) is 19.7. The van der Waals surface area contributed by atoms with Crippen molar-refractivity contribution in [3.8, 4) is 5.75 Å². The largest absolute Gasteiger partial charge is 0.488 e. The summed E-state index contributed by atoms with van der Waals surface area (Å²) < 4.78 is 20.2. The highest BCUT2D eigenvalue weighted by molar-refractivity contribution is 9.10. The summed E-state index contributed by atoms with van der Waals surface area (Å²) in [6.45, 7) is 0.339. The van der Waals surface area contributed by atoms with Crippen molar-refractivity contribution in [3.63, 3.8) is 0 Å². The molecule has 3 aromatic rings. The van der Waals surface area contributed by atoms with Crippen molar-refractivity contribution in [2.24, 2.45) is 0 Å². The fraction of sp³-hybridized carbons (Fsp3) is 0.0833. The maximum atomic E-state index is 13.3. The van der Waals surface area contributed by atoms with Gasteiger partial charge < -0.3 is 4.74 Å². The van der Waals surface area contributed by atoms with Crippen molar-refractivity contribution < 1.29 is 18.7 Å². The lowest BCUT2D eigenvalue weighted by atomic mass is 10.1. The Balaban J connectivity index is 1.52. The van der Waals surface area contributed by atoms with Crippen LogP contribution in [0.4, 0.5) is 9.18 Å². The first-order valence-corrected chi connectivity index (χ1v) is 11.5. The second-order valence-electron chi connectivity index (χ2n) is 6.96. The topological polar surface area (TPSA) is 46.6 Å². The van der Waals surface area contributed by atoms with Crippen LogP contribution >= 0.6 is 39.3 Å². The molecular weight excluding hydrogens is 517 g/mol. The van der Waals surface area contributed by atoms with Gasteiger partial charge in [-0.05, 0) is 59.3 Å². The number of nitrogens with zero attached hydrogens (tertiary/aromatic N) is 1. The molecule has 1 aliphatic heterocycles. The van der Waals surface area contributed by atoms with Crippen molar-refractivity contribution in [2.75, 3.05) is 0 Å². The number of benzene rings is 3. The zero-order valence-electron chi connectivity index (χ0n) is 16.6. The highest BCUT2D eigenvalue weighted by Crippen LogP contribution is 2.35. The highest BCUT2D eigenvalue weighted by atomic mass is 79.9. The van der Waals surface area contributed by atoms with Gasteiger partial charge in [-0.15, -0.1) is 0 Å². The molecule has 162 valence electrons. The normalized spacial score (nSPS) is 15.0. The maximum absolute atomic E-state index is 13.3. The third-order valence-electron chi connectivity index (χ3n) is 4.73. The molecule has 0 unspecified atom stereocenters. The molecule has 0 bridgehead atoms. The number of ether oxygens (including phenoxy) is 1. The smallest absolute Gasteiger partial charge is 0.293 e. The lowest BCUT2D eigenvalue weighted by molar-refractivity contribution is -0.123. The quantitative estimate of drug-likeness (QED) is 0.319. The van der Waals surface area contributed by atoms with E-state index in [2.05, 4.69) is 15.9 Å². The molecule has 0 spiro atoms. The first-order valence-electron chi connectivity index (χ1n) is 9.56. The first-order chi connectivity index (χ1) is 15.4. The molecule has 3 aromatic carbocycles. The van der Waals surface area contributed by atoms with Gasteiger partial charge in [0, 0.05) is 15.1 Å². The molecular formula is C24H16BrClFNO3S. The predicted molar refractivity (Wildman–Crippen MR) is 128 cm³/mol. The van der Waals surface area contributed by atoms with E-state index in [4.69, 9.17) is 16.3 Å². The molecule has 32 heavy (non-hydrogen) atoms. The maximum Gasteiger partial charge on any atom is 0.293 e. The van der Waals surface area contributed by atoms with E-state index in [0.29, 0.717) is 23.5 Å². The van der Waals surface area contributed by atoms with Gasteiger partial charge in [0.2, 0.25) is 0 Å². The van der Waals surface area contributed by atoms with E-state index in [9.17, 15) is 14.0 Å². The van der Waals surface area contributed by atoms with Crippen LogP contribution in [0.1, 0.15) is 16.7 Å². The van der Waals surface area contributed by atoms with Gasteiger partial charge in [0.1, 0.15) is 18.2 Å². The van der Waals surface area contributed by atoms with E-state index >= 15 is 0 Å². The van der Waals surface area contributed by atoms with Gasteiger partial charge in [-0.1, -0.05) is 63.9 Å². The Morgan fingerprint density at radius 2 is 1.81 bits per heavy atom. The summed E-state index contributed by atoms with van der Waals surface area (Å²) in [6, 6.07) is 19.0. The van der Waals surface area contributed by atoms with Crippen LogP contribution in [-0.2, 0) is 17.9 Å². The highest BCUT2D eigenvalue weighted by Gasteiger charge is 2.35. The van der Waals surface area contributed by atoms with Gasteiger partial charge >= 0.3 is 0 Å². The Kier molecular flexibility index (Phi) is 6.98. The summed E-state index contributed by atoms with van der Waals surface area (Å²) in [4.78, 5) is 26.7. The number of para-hydroxylation sites is 1. The Morgan fingerprint density at radius 3 is 2.56 bits per heavy atom. The van der Waals surface area contributed by atoms with Gasteiger partial charge in [-0.25, -0.2) is 4.39 Å². The number of carbonyl (C=O) groups is 2. The molecule has 1 heterocycles. The van der Waals surface area contributed by atoms with Crippen LogP contribution in [0.5, 0.6) is 5.75 Å². The van der Waals surface area contributed by atoms with Crippen LogP contribution < -0.4 is 4.74 Å². The lowest BCUT2D eigenvalue weighted by Crippen LogP contribution is -2.27. The lowest BCUT2D eigenvalue weighted by Gasteiger charge is -2.13. The molecule has 4 rings (SSSR count). The minimum absolute atomic E-state index is 0.0250. The minimum Gasteiger partial charge on any atom is -0.488 e. The van der Waals surface area contributed by atoms with Gasteiger partial charge in [-0.3, -0.25) is 14.5 Å². The summed E-state index contributed by atoms with van der Waals surface area (Å²) in [5, 5.41) is -0.241. The van der Waals surface area contributed by atoms with Crippen molar-refractivity contribution in [1.82, 2.24) is 4.90 Å². The zero-order chi connectivity index (χ0) is 22.7. The van der Waals surface area contributed by atoms with E-state index < -0.39 is 17.0 Å².